The molecule has 0 aliphatic carbocycles. The molecule has 0 aliphatic heterocycles. The quantitative estimate of drug-likeness (QED) is 0.520. The second-order valence-corrected chi connectivity index (χ2v) is 8.34. The Bertz CT molecular complexity index is 1140. The Morgan fingerprint density at radius 2 is 1.52 bits per heavy atom. The normalized spacial score (nSPS) is 10.9. The number of rotatable bonds is 9. The Balaban J connectivity index is 1.59. The Morgan fingerprint density at radius 1 is 0.871 bits per heavy atom. The third kappa shape index (κ3) is 5.99. The smallest absolute Gasteiger partial charge is 0.262 e. The van der Waals surface area contributed by atoms with Crippen molar-refractivity contribution in [3.05, 3.63) is 78.4 Å². The highest BCUT2D eigenvalue weighted by Gasteiger charge is 2.15. The van der Waals surface area contributed by atoms with Crippen molar-refractivity contribution in [2.75, 3.05) is 23.3 Å². The summed E-state index contributed by atoms with van der Waals surface area (Å²) in [7, 11) is -3.73. The first-order chi connectivity index (χ1) is 14.9. The van der Waals surface area contributed by atoms with Crippen molar-refractivity contribution in [1.82, 2.24) is 0 Å². The van der Waals surface area contributed by atoms with E-state index in [0.29, 0.717) is 29.5 Å². The average molecular weight is 441 g/mol. The third-order valence-corrected chi connectivity index (χ3v) is 5.74. The Labute approximate surface area is 182 Å². The number of amides is 1. The first kappa shape index (κ1) is 22.2. The van der Waals surface area contributed by atoms with Gasteiger partial charge in [-0.3, -0.25) is 9.52 Å². The van der Waals surface area contributed by atoms with Gasteiger partial charge in [0.15, 0.2) is 6.61 Å². The van der Waals surface area contributed by atoms with Crippen LogP contribution in [0, 0.1) is 6.92 Å². The van der Waals surface area contributed by atoms with E-state index < -0.39 is 10.0 Å². The van der Waals surface area contributed by atoms with Gasteiger partial charge in [0, 0.05) is 0 Å². The average Bonchev–Trinajstić information content (AvgIpc) is 2.76. The van der Waals surface area contributed by atoms with E-state index in [1.165, 1.54) is 24.3 Å². The van der Waals surface area contributed by atoms with Crippen molar-refractivity contribution in [3.8, 4) is 11.5 Å². The highest BCUT2D eigenvalue weighted by atomic mass is 32.2. The van der Waals surface area contributed by atoms with Gasteiger partial charge in [0.2, 0.25) is 0 Å². The maximum atomic E-state index is 12.6. The summed E-state index contributed by atoms with van der Waals surface area (Å²) < 4.78 is 38.7. The summed E-state index contributed by atoms with van der Waals surface area (Å²) >= 11 is 0. The van der Waals surface area contributed by atoms with Crippen molar-refractivity contribution in [3.63, 3.8) is 0 Å². The molecule has 8 heteroatoms. The second kappa shape index (κ2) is 9.99. The Hall–Kier alpha value is -3.52. The molecule has 1 amide bonds. The topological polar surface area (TPSA) is 93.7 Å². The molecule has 162 valence electrons. The van der Waals surface area contributed by atoms with Gasteiger partial charge in [-0.15, -0.1) is 0 Å². The van der Waals surface area contributed by atoms with Crippen molar-refractivity contribution in [2.45, 2.75) is 18.7 Å². The number of anilines is 2. The predicted molar refractivity (Wildman–Crippen MR) is 120 cm³/mol. The maximum Gasteiger partial charge on any atom is 0.262 e. The molecule has 2 N–H and O–H groups in total. The second-order valence-electron chi connectivity index (χ2n) is 6.66. The van der Waals surface area contributed by atoms with E-state index in [1.54, 1.807) is 30.3 Å². The molecule has 0 spiro atoms. The molecule has 3 rings (SSSR count). The lowest BCUT2D eigenvalue weighted by Gasteiger charge is -2.12. The number of hydrogen-bond acceptors (Lipinski definition) is 5. The summed E-state index contributed by atoms with van der Waals surface area (Å²) in [4.78, 5) is 12.3. The molecule has 0 heterocycles. The molecule has 3 aromatic carbocycles. The largest absolute Gasteiger partial charge is 0.492 e. The summed E-state index contributed by atoms with van der Waals surface area (Å²) in [5.41, 5.74) is 1.90. The van der Waals surface area contributed by atoms with E-state index in [0.717, 1.165) is 5.56 Å². The summed E-state index contributed by atoms with van der Waals surface area (Å²) in [5, 5.41) is 2.74. The minimum Gasteiger partial charge on any atom is -0.492 e. The molecule has 0 fully saturated rings. The number of carbonyl (C=O) groups is 1. The van der Waals surface area contributed by atoms with E-state index in [-0.39, 0.29) is 17.4 Å². The Kier molecular flexibility index (Phi) is 7.15. The van der Waals surface area contributed by atoms with Crippen LogP contribution in [0.15, 0.2) is 77.7 Å². The molecule has 0 unspecified atom stereocenters. The molecule has 3 aromatic rings. The van der Waals surface area contributed by atoms with Gasteiger partial charge in [-0.25, -0.2) is 8.42 Å². The van der Waals surface area contributed by atoms with Crippen molar-refractivity contribution in [2.24, 2.45) is 0 Å². The molecular weight excluding hydrogens is 416 g/mol. The predicted octanol–water partition coefficient (Wildman–Crippen LogP) is 4.21. The van der Waals surface area contributed by atoms with Gasteiger partial charge in [0.05, 0.1) is 22.9 Å². The van der Waals surface area contributed by atoms with Crippen molar-refractivity contribution in [1.29, 1.82) is 0 Å². The minimum absolute atomic E-state index is 0.0956. The van der Waals surface area contributed by atoms with Gasteiger partial charge in [0.1, 0.15) is 11.5 Å². The number of nitrogens with one attached hydrogen (secondary N) is 2. The monoisotopic (exact) mass is 440 g/mol. The summed E-state index contributed by atoms with van der Waals surface area (Å²) in [5.74, 6) is 0.599. The zero-order valence-electron chi connectivity index (χ0n) is 17.3. The van der Waals surface area contributed by atoms with Gasteiger partial charge < -0.3 is 14.8 Å². The summed E-state index contributed by atoms with van der Waals surface area (Å²) in [6.07, 6.45) is 0. The van der Waals surface area contributed by atoms with Crippen LogP contribution in [-0.2, 0) is 14.8 Å². The molecule has 31 heavy (non-hydrogen) atoms. The summed E-state index contributed by atoms with van der Waals surface area (Å²) in [6, 6.07) is 20.1. The van der Waals surface area contributed by atoms with Crippen LogP contribution >= 0.6 is 0 Å². The fourth-order valence-corrected chi connectivity index (χ4v) is 3.92. The number of aryl methyl sites for hydroxylation is 1. The zero-order valence-corrected chi connectivity index (χ0v) is 18.1. The van der Waals surface area contributed by atoms with Gasteiger partial charge in [-0.1, -0.05) is 30.3 Å². The standard InChI is InChI=1S/C23H24N2O5S/c1-3-29-22-11-7-6-10-21(22)24-23(26)16-30-18-12-14-19(15-13-18)31(27,28)25-20-9-5-4-8-17(20)2/h4-15,25H,3,16H2,1-2H3,(H,24,26). The number of para-hydroxylation sites is 3. The fraction of sp³-hybridized carbons (Fsp3) is 0.174. The van der Waals surface area contributed by atoms with Crippen LogP contribution in [0.25, 0.3) is 0 Å². The highest BCUT2D eigenvalue weighted by molar-refractivity contribution is 7.92. The van der Waals surface area contributed by atoms with Crippen LogP contribution in [0.2, 0.25) is 0 Å². The fourth-order valence-electron chi connectivity index (χ4n) is 2.79. The highest BCUT2D eigenvalue weighted by Crippen LogP contribution is 2.24. The van der Waals surface area contributed by atoms with E-state index >= 15 is 0 Å². The van der Waals surface area contributed by atoms with E-state index in [2.05, 4.69) is 10.0 Å². The first-order valence-corrected chi connectivity index (χ1v) is 11.2. The molecule has 7 nitrogen and oxygen atoms in total. The number of benzene rings is 3. The number of carbonyl (C=O) groups excluding carboxylic acids is 1. The van der Waals surface area contributed by atoms with E-state index in [4.69, 9.17) is 9.47 Å². The number of hydrogen-bond donors (Lipinski definition) is 2. The maximum absolute atomic E-state index is 12.6. The minimum atomic E-state index is -3.73. The van der Waals surface area contributed by atoms with Crippen molar-refractivity contribution < 1.29 is 22.7 Å². The molecule has 0 atom stereocenters. The molecular formula is C23H24N2O5S. The molecule has 0 radical (unpaired) electrons. The molecule has 0 aromatic heterocycles. The van der Waals surface area contributed by atoms with Gasteiger partial charge in [-0.05, 0) is 61.9 Å². The van der Waals surface area contributed by atoms with Crippen molar-refractivity contribution >= 4 is 27.3 Å². The molecule has 0 aliphatic rings. The lowest BCUT2D eigenvalue weighted by molar-refractivity contribution is -0.118. The third-order valence-electron chi connectivity index (χ3n) is 4.35. The van der Waals surface area contributed by atoms with E-state index in [1.807, 2.05) is 32.0 Å². The van der Waals surface area contributed by atoms with Gasteiger partial charge in [-0.2, -0.15) is 0 Å². The van der Waals surface area contributed by atoms with E-state index in [9.17, 15) is 13.2 Å². The van der Waals surface area contributed by atoms with Crippen LogP contribution in [0.1, 0.15) is 12.5 Å². The van der Waals surface area contributed by atoms with Crippen LogP contribution in [0.3, 0.4) is 0 Å². The first-order valence-electron chi connectivity index (χ1n) is 9.72. The van der Waals surface area contributed by atoms with Crippen LogP contribution in [-0.4, -0.2) is 27.5 Å². The van der Waals surface area contributed by atoms with Crippen LogP contribution in [0.4, 0.5) is 11.4 Å². The van der Waals surface area contributed by atoms with Crippen LogP contribution < -0.4 is 19.5 Å². The Morgan fingerprint density at radius 3 is 2.19 bits per heavy atom. The number of sulfonamides is 1. The molecule has 0 saturated heterocycles. The summed E-state index contributed by atoms with van der Waals surface area (Å²) in [6.45, 7) is 3.94. The lowest BCUT2D eigenvalue weighted by atomic mass is 10.2. The van der Waals surface area contributed by atoms with Crippen LogP contribution in [0.5, 0.6) is 11.5 Å². The number of ether oxygens (including phenoxy) is 2. The SMILES string of the molecule is CCOc1ccccc1NC(=O)COc1ccc(S(=O)(=O)Nc2ccccc2C)cc1. The molecule has 0 saturated carbocycles. The van der Waals surface area contributed by atoms with Gasteiger partial charge in [0.25, 0.3) is 15.9 Å². The zero-order chi connectivity index (χ0) is 22.3. The van der Waals surface area contributed by atoms with Gasteiger partial charge >= 0.3 is 0 Å². The lowest BCUT2D eigenvalue weighted by Crippen LogP contribution is -2.20. The molecule has 0 bridgehead atoms.